The summed E-state index contributed by atoms with van der Waals surface area (Å²) in [4.78, 5) is 14.1. The Hall–Kier alpha value is -1.60. The number of carbonyl (C=O) groups is 1. The highest BCUT2D eigenvalue weighted by atomic mass is 19.4. The number of alkyl halides is 3. The number of nitrogens with zero attached hydrogens (tertiary/aromatic N) is 4. The molecule has 2 aliphatic rings. The first-order valence-corrected chi connectivity index (χ1v) is 8.50. The molecule has 1 aliphatic heterocycles. The maximum absolute atomic E-state index is 13.0. The Bertz CT molecular complexity index is 609. The normalized spacial score (nSPS) is 22.6. The summed E-state index contributed by atoms with van der Waals surface area (Å²) in [5.74, 6) is 0.0705. The van der Waals surface area contributed by atoms with Crippen LogP contribution in [0.5, 0.6) is 0 Å². The van der Waals surface area contributed by atoms with E-state index in [1.807, 2.05) is 6.92 Å². The molecule has 5 nitrogen and oxygen atoms in total. The minimum Gasteiger partial charge on any atom is -0.338 e. The second-order valence-corrected chi connectivity index (χ2v) is 7.09. The Labute approximate surface area is 139 Å². The third kappa shape index (κ3) is 3.28. The Balaban J connectivity index is 1.68. The van der Waals surface area contributed by atoms with Crippen molar-refractivity contribution in [3.63, 3.8) is 0 Å². The molecule has 2 unspecified atom stereocenters. The highest BCUT2D eigenvalue weighted by Crippen LogP contribution is 2.35. The van der Waals surface area contributed by atoms with Crippen molar-refractivity contribution < 1.29 is 18.0 Å². The number of fused-ring (bicyclic) bond motifs is 1. The monoisotopic (exact) mass is 344 g/mol. The Kier molecular flexibility index (Phi) is 4.57. The first-order chi connectivity index (χ1) is 11.3. The zero-order valence-corrected chi connectivity index (χ0v) is 14.0. The molecule has 1 amide bonds. The van der Waals surface area contributed by atoms with Gasteiger partial charge in [0.15, 0.2) is 5.82 Å². The molecule has 1 fully saturated rings. The predicted molar refractivity (Wildman–Crippen MR) is 80.9 cm³/mol. The van der Waals surface area contributed by atoms with Gasteiger partial charge in [-0.3, -0.25) is 4.79 Å². The van der Waals surface area contributed by atoms with E-state index < -0.39 is 12.1 Å². The van der Waals surface area contributed by atoms with Gasteiger partial charge in [-0.1, -0.05) is 13.3 Å². The molecular formula is C16H23F3N4O. The van der Waals surface area contributed by atoms with Crippen molar-refractivity contribution in [2.45, 2.75) is 58.3 Å². The molecule has 0 saturated heterocycles. The second kappa shape index (κ2) is 6.37. The van der Waals surface area contributed by atoms with Crippen LogP contribution in [0.25, 0.3) is 0 Å². The SMILES string of the molecule is CC(C(=O)N(C)Cc1nnc2n1CC(C(F)(F)F)CC2)C1CCC1. The average Bonchev–Trinajstić information content (AvgIpc) is 2.86. The summed E-state index contributed by atoms with van der Waals surface area (Å²) >= 11 is 0. The summed E-state index contributed by atoms with van der Waals surface area (Å²) in [6.45, 7) is 1.98. The fourth-order valence-corrected chi connectivity index (χ4v) is 3.55. The average molecular weight is 344 g/mol. The van der Waals surface area contributed by atoms with Crippen molar-refractivity contribution in [3.8, 4) is 0 Å². The van der Waals surface area contributed by atoms with Crippen LogP contribution in [0.2, 0.25) is 0 Å². The van der Waals surface area contributed by atoms with Crippen molar-refractivity contribution >= 4 is 5.91 Å². The predicted octanol–water partition coefficient (Wildman–Crippen LogP) is 2.80. The molecule has 0 radical (unpaired) electrons. The van der Waals surface area contributed by atoms with E-state index in [9.17, 15) is 18.0 Å². The third-order valence-corrected chi connectivity index (χ3v) is 5.49. The topological polar surface area (TPSA) is 51.0 Å². The van der Waals surface area contributed by atoms with Gasteiger partial charge in [-0.25, -0.2) is 0 Å². The Morgan fingerprint density at radius 1 is 1.33 bits per heavy atom. The number of carbonyl (C=O) groups excluding carboxylic acids is 1. The summed E-state index contributed by atoms with van der Waals surface area (Å²) in [6.07, 6.45) is -0.562. The number of hydrogen-bond donors (Lipinski definition) is 0. The van der Waals surface area contributed by atoms with Crippen molar-refractivity contribution in [3.05, 3.63) is 11.6 Å². The van der Waals surface area contributed by atoms with Gasteiger partial charge in [0.2, 0.25) is 5.91 Å². The maximum Gasteiger partial charge on any atom is 0.393 e. The van der Waals surface area contributed by atoms with Crippen LogP contribution in [0.3, 0.4) is 0 Å². The molecule has 0 aromatic carbocycles. The molecule has 2 atom stereocenters. The van der Waals surface area contributed by atoms with Gasteiger partial charge >= 0.3 is 6.18 Å². The lowest BCUT2D eigenvalue weighted by molar-refractivity contribution is -0.182. The highest BCUT2D eigenvalue weighted by Gasteiger charge is 2.42. The fraction of sp³-hybridized carbons (Fsp3) is 0.812. The largest absolute Gasteiger partial charge is 0.393 e. The van der Waals surface area contributed by atoms with E-state index in [-0.39, 0.29) is 37.8 Å². The summed E-state index contributed by atoms with van der Waals surface area (Å²) < 4.78 is 40.5. The smallest absolute Gasteiger partial charge is 0.338 e. The molecule has 8 heteroatoms. The molecule has 1 saturated carbocycles. The van der Waals surface area contributed by atoms with Crippen molar-refractivity contribution in [2.75, 3.05) is 7.05 Å². The highest BCUT2D eigenvalue weighted by molar-refractivity contribution is 5.78. The van der Waals surface area contributed by atoms with Crippen LogP contribution in [-0.2, 0) is 24.3 Å². The van der Waals surface area contributed by atoms with E-state index in [0.29, 0.717) is 17.6 Å². The second-order valence-electron chi connectivity index (χ2n) is 7.09. The van der Waals surface area contributed by atoms with Crippen LogP contribution in [0.4, 0.5) is 13.2 Å². The van der Waals surface area contributed by atoms with Gasteiger partial charge < -0.3 is 9.47 Å². The van der Waals surface area contributed by atoms with E-state index in [1.165, 1.54) is 6.42 Å². The first-order valence-electron chi connectivity index (χ1n) is 8.50. The number of aryl methyl sites for hydroxylation is 1. The minimum absolute atomic E-state index is 0.0280. The van der Waals surface area contributed by atoms with Gasteiger partial charge in [0, 0.05) is 25.9 Å². The number of rotatable bonds is 4. The molecule has 1 aromatic rings. The summed E-state index contributed by atoms with van der Waals surface area (Å²) in [6, 6.07) is 0. The van der Waals surface area contributed by atoms with Crippen molar-refractivity contribution in [1.82, 2.24) is 19.7 Å². The van der Waals surface area contributed by atoms with Crippen molar-refractivity contribution in [2.24, 2.45) is 17.8 Å². The van der Waals surface area contributed by atoms with Crippen LogP contribution in [0.1, 0.15) is 44.3 Å². The quantitative estimate of drug-likeness (QED) is 0.844. The van der Waals surface area contributed by atoms with Crippen LogP contribution in [-0.4, -0.2) is 38.8 Å². The standard InChI is InChI=1S/C16H23F3N4O/c1-10(11-4-3-5-11)15(24)22(2)9-14-21-20-13-7-6-12(8-23(13)14)16(17,18)19/h10-12H,3-9H2,1-2H3. The molecule has 0 spiro atoms. The summed E-state index contributed by atoms with van der Waals surface area (Å²) in [5, 5.41) is 8.03. The van der Waals surface area contributed by atoms with Gasteiger partial charge in [0.1, 0.15) is 5.82 Å². The molecule has 1 aromatic heterocycles. The molecule has 2 heterocycles. The van der Waals surface area contributed by atoms with Gasteiger partial charge in [-0.2, -0.15) is 13.2 Å². The van der Waals surface area contributed by atoms with Crippen LogP contribution in [0.15, 0.2) is 0 Å². The lowest BCUT2D eigenvalue weighted by Crippen LogP contribution is -2.38. The number of amides is 1. The summed E-state index contributed by atoms with van der Waals surface area (Å²) in [7, 11) is 1.68. The summed E-state index contributed by atoms with van der Waals surface area (Å²) in [5.41, 5.74) is 0. The number of aromatic nitrogens is 3. The first kappa shape index (κ1) is 17.2. The van der Waals surface area contributed by atoms with Gasteiger partial charge in [0.25, 0.3) is 0 Å². The lowest BCUT2D eigenvalue weighted by atomic mass is 9.76. The molecular weight excluding hydrogens is 321 g/mol. The zero-order valence-electron chi connectivity index (χ0n) is 14.0. The van der Waals surface area contributed by atoms with Gasteiger partial charge in [0.05, 0.1) is 12.5 Å². The van der Waals surface area contributed by atoms with E-state index >= 15 is 0 Å². The fourth-order valence-electron chi connectivity index (χ4n) is 3.55. The van der Waals surface area contributed by atoms with E-state index in [4.69, 9.17) is 0 Å². The van der Waals surface area contributed by atoms with Crippen LogP contribution >= 0.6 is 0 Å². The van der Waals surface area contributed by atoms with Gasteiger partial charge in [-0.05, 0) is 25.2 Å². The number of halogens is 3. The molecule has 0 N–H and O–H groups in total. The van der Waals surface area contributed by atoms with E-state index in [2.05, 4.69) is 10.2 Å². The van der Waals surface area contributed by atoms with Crippen LogP contribution in [0, 0.1) is 17.8 Å². The van der Waals surface area contributed by atoms with Crippen LogP contribution < -0.4 is 0 Å². The number of hydrogen-bond acceptors (Lipinski definition) is 3. The van der Waals surface area contributed by atoms with Crippen molar-refractivity contribution in [1.29, 1.82) is 0 Å². The molecule has 134 valence electrons. The molecule has 3 rings (SSSR count). The van der Waals surface area contributed by atoms with E-state index in [1.54, 1.807) is 16.5 Å². The minimum atomic E-state index is -4.21. The lowest BCUT2D eigenvalue weighted by Gasteiger charge is -2.33. The zero-order chi connectivity index (χ0) is 17.5. The molecule has 1 aliphatic carbocycles. The Morgan fingerprint density at radius 2 is 2.04 bits per heavy atom. The molecule has 0 bridgehead atoms. The van der Waals surface area contributed by atoms with Gasteiger partial charge in [-0.15, -0.1) is 10.2 Å². The Morgan fingerprint density at radius 3 is 2.62 bits per heavy atom. The third-order valence-electron chi connectivity index (χ3n) is 5.49. The maximum atomic E-state index is 13.0. The van der Waals surface area contributed by atoms with E-state index in [0.717, 1.165) is 12.8 Å². The molecule has 24 heavy (non-hydrogen) atoms.